The van der Waals surface area contributed by atoms with Gasteiger partial charge in [-0.25, -0.2) is 0 Å². The maximum absolute atomic E-state index is 12.0. The molecule has 6 nitrogen and oxygen atoms in total. The molecule has 1 N–H and O–H groups in total. The summed E-state index contributed by atoms with van der Waals surface area (Å²) in [7, 11) is 1.50. The normalized spacial score (nSPS) is 18.9. The van der Waals surface area contributed by atoms with E-state index in [9.17, 15) is 9.59 Å². The predicted molar refractivity (Wildman–Crippen MR) is 81.3 cm³/mol. The molecule has 0 bridgehead atoms. The molecule has 1 fully saturated rings. The lowest BCUT2D eigenvalue weighted by atomic mass is 10.1. The summed E-state index contributed by atoms with van der Waals surface area (Å²) >= 11 is 0. The van der Waals surface area contributed by atoms with Gasteiger partial charge in [0.25, 0.3) is 0 Å². The second kappa shape index (κ2) is 7.91. The standard InChI is InChI=1S/C16H22N2O4/c1-17(12-16(20)21)15(19)9-14-11-18(7-8-22-14)10-13-5-3-2-4-6-13/h2-6,14H,7-12H2,1H3,(H,20,21)/t14-/m0/s1. The number of carbonyl (C=O) groups excluding carboxylic acids is 1. The van der Waals surface area contributed by atoms with Crippen LogP contribution in [0.4, 0.5) is 0 Å². The van der Waals surface area contributed by atoms with Crippen LogP contribution in [0.1, 0.15) is 12.0 Å². The summed E-state index contributed by atoms with van der Waals surface area (Å²) in [5.41, 5.74) is 1.23. The van der Waals surface area contributed by atoms with Gasteiger partial charge in [-0.15, -0.1) is 0 Å². The summed E-state index contributed by atoms with van der Waals surface area (Å²) in [6.45, 7) is 2.67. The first-order valence-electron chi connectivity index (χ1n) is 7.38. The molecule has 2 rings (SSSR count). The molecule has 0 saturated carbocycles. The van der Waals surface area contributed by atoms with Crippen molar-refractivity contribution in [3.8, 4) is 0 Å². The van der Waals surface area contributed by atoms with E-state index in [1.807, 2.05) is 18.2 Å². The Labute approximate surface area is 130 Å². The molecule has 0 aliphatic carbocycles. The van der Waals surface area contributed by atoms with Crippen LogP contribution in [0.2, 0.25) is 0 Å². The van der Waals surface area contributed by atoms with Gasteiger partial charge in [0.15, 0.2) is 0 Å². The molecular formula is C16H22N2O4. The second-order valence-electron chi connectivity index (χ2n) is 5.56. The van der Waals surface area contributed by atoms with Gasteiger partial charge in [-0.1, -0.05) is 30.3 Å². The first kappa shape index (κ1) is 16.5. The Hall–Kier alpha value is -1.92. The largest absolute Gasteiger partial charge is 0.480 e. The fourth-order valence-corrected chi connectivity index (χ4v) is 2.53. The topological polar surface area (TPSA) is 70.1 Å². The van der Waals surface area contributed by atoms with Gasteiger partial charge in [0.2, 0.25) is 5.91 Å². The number of nitrogens with zero attached hydrogens (tertiary/aromatic N) is 2. The average molecular weight is 306 g/mol. The summed E-state index contributed by atoms with van der Waals surface area (Å²) in [5, 5.41) is 8.71. The Morgan fingerprint density at radius 2 is 2.09 bits per heavy atom. The molecule has 1 aromatic carbocycles. The molecule has 0 spiro atoms. The molecule has 1 heterocycles. The third kappa shape index (κ3) is 5.13. The molecule has 1 saturated heterocycles. The van der Waals surface area contributed by atoms with Crippen LogP contribution in [-0.2, 0) is 20.9 Å². The third-order valence-electron chi connectivity index (χ3n) is 3.67. The number of rotatable bonds is 6. The van der Waals surface area contributed by atoms with E-state index in [-0.39, 0.29) is 25.0 Å². The van der Waals surface area contributed by atoms with E-state index in [0.717, 1.165) is 13.1 Å². The van der Waals surface area contributed by atoms with Crippen LogP contribution in [0.25, 0.3) is 0 Å². The van der Waals surface area contributed by atoms with Crippen LogP contribution in [0, 0.1) is 0 Å². The van der Waals surface area contributed by atoms with E-state index < -0.39 is 5.97 Å². The van der Waals surface area contributed by atoms with E-state index in [4.69, 9.17) is 9.84 Å². The van der Waals surface area contributed by atoms with Crippen molar-refractivity contribution >= 4 is 11.9 Å². The van der Waals surface area contributed by atoms with Crippen LogP contribution in [0.3, 0.4) is 0 Å². The van der Waals surface area contributed by atoms with Gasteiger partial charge >= 0.3 is 5.97 Å². The highest BCUT2D eigenvalue weighted by Crippen LogP contribution is 2.13. The van der Waals surface area contributed by atoms with E-state index in [1.165, 1.54) is 17.5 Å². The van der Waals surface area contributed by atoms with Gasteiger partial charge in [-0.3, -0.25) is 14.5 Å². The van der Waals surface area contributed by atoms with Gasteiger partial charge in [0, 0.05) is 26.7 Å². The first-order valence-corrected chi connectivity index (χ1v) is 7.38. The van der Waals surface area contributed by atoms with Crippen LogP contribution >= 0.6 is 0 Å². The quantitative estimate of drug-likeness (QED) is 0.842. The summed E-state index contributed by atoms with van der Waals surface area (Å²) in [4.78, 5) is 26.1. The van der Waals surface area contributed by atoms with Crippen molar-refractivity contribution in [3.05, 3.63) is 35.9 Å². The minimum atomic E-state index is -1.01. The predicted octanol–water partition coefficient (Wildman–Crippen LogP) is 0.821. The lowest BCUT2D eigenvalue weighted by Gasteiger charge is -2.33. The minimum absolute atomic E-state index is 0.179. The van der Waals surface area contributed by atoms with E-state index >= 15 is 0 Å². The number of morpholine rings is 1. The molecule has 0 aromatic heterocycles. The molecule has 22 heavy (non-hydrogen) atoms. The minimum Gasteiger partial charge on any atom is -0.480 e. The number of carboxylic acids is 1. The van der Waals surface area contributed by atoms with Crippen molar-refractivity contribution in [2.45, 2.75) is 19.1 Å². The van der Waals surface area contributed by atoms with Crippen molar-refractivity contribution in [1.82, 2.24) is 9.80 Å². The molecular weight excluding hydrogens is 284 g/mol. The molecule has 1 aliphatic heterocycles. The number of aliphatic carboxylic acids is 1. The highest BCUT2D eigenvalue weighted by Gasteiger charge is 2.24. The summed E-state index contributed by atoms with van der Waals surface area (Å²) in [5.74, 6) is -1.21. The first-order chi connectivity index (χ1) is 10.5. The second-order valence-corrected chi connectivity index (χ2v) is 5.56. The number of hydrogen-bond donors (Lipinski definition) is 1. The van der Waals surface area contributed by atoms with E-state index in [2.05, 4.69) is 17.0 Å². The molecule has 1 atom stereocenters. The third-order valence-corrected chi connectivity index (χ3v) is 3.67. The molecule has 120 valence electrons. The van der Waals surface area contributed by atoms with Gasteiger partial charge in [-0.05, 0) is 5.56 Å². The molecule has 0 radical (unpaired) electrons. The maximum Gasteiger partial charge on any atom is 0.323 e. The Morgan fingerprint density at radius 3 is 2.77 bits per heavy atom. The smallest absolute Gasteiger partial charge is 0.323 e. The number of carbonyl (C=O) groups is 2. The summed E-state index contributed by atoms with van der Waals surface area (Å²) in [6, 6.07) is 10.2. The van der Waals surface area contributed by atoms with Gasteiger partial charge in [-0.2, -0.15) is 0 Å². The molecule has 1 aliphatic rings. The maximum atomic E-state index is 12.0. The van der Waals surface area contributed by atoms with Crippen LogP contribution in [0.5, 0.6) is 0 Å². The lowest BCUT2D eigenvalue weighted by molar-refractivity contribution is -0.145. The van der Waals surface area contributed by atoms with E-state index in [1.54, 1.807) is 0 Å². The average Bonchev–Trinajstić information content (AvgIpc) is 2.48. The van der Waals surface area contributed by atoms with Gasteiger partial charge in [0.1, 0.15) is 6.54 Å². The number of benzene rings is 1. The number of ether oxygens (including phenoxy) is 1. The zero-order valence-electron chi connectivity index (χ0n) is 12.8. The summed E-state index contributed by atoms with van der Waals surface area (Å²) < 4.78 is 5.64. The highest BCUT2D eigenvalue weighted by atomic mass is 16.5. The fraction of sp³-hybridized carbons (Fsp3) is 0.500. The van der Waals surface area contributed by atoms with Crippen molar-refractivity contribution in [1.29, 1.82) is 0 Å². The van der Waals surface area contributed by atoms with Crippen LogP contribution in [0.15, 0.2) is 30.3 Å². The number of amides is 1. The summed E-state index contributed by atoms with van der Waals surface area (Å²) in [6.07, 6.45) is 0.0379. The van der Waals surface area contributed by atoms with Gasteiger partial charge in [0.05, 0.1) is 19.1 Å². The SMILES string of the molecule is CN(CC(=O)O)C(=O)C[C@H]1CN(Cc2ccccc2)CCO1. The van der Waals surface area contributed by atoms with Crippen molar-refractivity contribution in [2.75, 3.05) is 33.3 Å². The monoisotopic (exact) mass is 306 g/mol. The number of carboxylic acid groups (broad SMARTS) is 1. The van der Waals surface area contributed by atoms with Crippen molar-refractivity contribution in [2.24, 2.45) is 0 Å². The van der Waals surface area contributed by atoms with Crippen LogP contribution in [-0.4, -0.2) is 66.2 Å². The molecule has 0 unspecified atom stereocenters. The highest BCUT2D eigenvalue weighted by molar-refractivity contribution is 5.81. The number of likely N-dealkylation sites (N-methyl/N-ethyl adjacent to an activating group) is 1. The van der Waals surface area contributed by atoms with Crippen molar-refractivity contribution in [3.63, 3.8) is 0 Å². The molecule has 1 aromatic rings. The van der Waals surface area contributed by atoms with Crippen LogP contribution < -0.4 is 0 Å². The van der Waals surface area contributed by atoms with Gasteiger partial charge < -0.3 is 14.7 Å². The lowest BCUT2D eigenvalue weighted by Crippen LogP contribution is -2.44. The Kier molecular flexibility index (Phi) is 5.91. The molecule has 1 amide bonds. The molecule has 6 heteroatoms. The zero-order valence-corrected chi connectivity index (χ0v) is 12.8. The fourth-order valence-electron chi connectivity index (χ4n) is 2.53. The Morgan fingerprint density at radius 1 is 1.36 bits per heavy atom. The Balaban J connectivity index is 1.83. The Bertz CT molecular complexity index is 506. The zero-order chi connectivity index (χ0) is 15.9. The van der Waals surface area contributed by atoms with Crippen molar-refractivity contribution < 1.29 is 19.4 Å². The van der Waals surface area contributed by atoms with E-state index in [0.29, 0.717) is 13.2 Å². The number of hydrogen-bond acceptors (Lipinski definition) is 4.